The molecule has 0 rings (SSSR count). The Morgan fingerprint density at radius 2 is 2.22 bits per heavy atom. The zero-order valence-electron chi connectivity index (χ0n) is 5.98. The van der Waals surface area contributed by atoms with Crippen LogP contribution in [0.3, 0.4) is 0 Å². The normalized spacial score (nSPS) is 11.6. The molecular weight excluding hydrogens is 114 g/mol. The van der Waals surface area contributed by atoms with E-state index in [9.17, 15) is 4.79 Å². The Hall–Kier alpha value is -0.790. The second-order valence-corrected chi connectivity index (χ2v) is 2.10. The second-order valence-electron chi connectivity index (χ2n) is 2.10. The molecule has 0 aliphatic rings. The first-order valence-electron chi connectivity index (χ1n) is 3.13. The van der Waals surface area contributed by atoms with Crippen molar-refractivity contribution >= 4 is 5.78 Å². The molecule has 0 aromatic heterocycles. The number of carbonyl (C=O) groups excluding carboxylic acids is 1. The molecule has 0 saturated carbocycles. The molecule has 2 nitrogen and oxygen atoms in total. The van der Waals surface area contributed by atoms with Crippen molar-refractivity contribution in [2.75, 3.05) is 0 Å². The van der Waals surface area contributed by atoms with Crippen LogP contribution in [0.25, 0.3) is 0 Å². The van der Waals surface area contributed by atoms with Crippen molar-refractivity contribution in [2.45, 2.75) is 26.7 Å². The Kier molecular flexibility index (Phi) is 3.76. The van der Waals surface area contributed by atoms with Crippen molar-refractivity contribution in [3.05, 3.63) is 11.8 Å². The standard InChI is InChI=1S/C7H13NO/c1-3-4-7(9)5-6(2)8/h5H,3-4,8H2,1-2H3/b6-5-. The minimum absolute atomic E-state index is 0.123. The molecular formula is C7H13NO. The largest absolute Gasteiger partial charge is 0.402 e. The molecule has 0 aliphatic carbocycles. The molecule has 2 N–H and O–H groups in total. The van der Waals surface area contributed by atoms with Crippen LogP contribution in [0.4, 0.5) is 0 Å². The van der Waals surface area contributed by atoms with Gasteiger partial charge in [0.05, 0.1) is 0 Å². The predicted octanol–water partition coefficient (Wildman–Crippen LogP) is 1.22. The molecule has 0 heterocycles. The molecule has 0 saturated heterocycles. The number of hydrogen-bond acceptors (Lipinski definition) is 2. The van der Waals surface area contributed by atoms with E-state index in [2.05, 4.69) is 0 Å². The van der Waals surface area contributed by atoms with Crippen molar-refractivity contribution < 1.29 is 4.79 Å². The first-order valence-corrected chi connectivity index (χ1v) is 3.13. The molecule has 0 aromatic carbocycles. The summed E-state index contributed by atoms with van der Waals surface area (Å²) in [5, 5.41) is 0. The van der Waals surface area contributed by atoms with Gasteiger partial charge in [0.2, 0.25) is 0 Å². The van der Waals surface area contributed by atoms with Crippen LogP contribution in [0.5, 0.6) is 0 Å². The van der Waals surface area contributed by atoms with E-state index >= 15 is 0 Å². The van der Waals surface area contributed by atoms with Crippen molar-refractivity contribution in [3.63, 3.8) is 0 Å². The minimum Gasteiger partial charge on any atom is -0.402 e. The molecule has 0 amide bonds. The highest BCUT2D eigenvalue weighted by molar-refractivity contribution is 5.89. The van der Waals surface area contributed by atoms with Crippen molar-refractivity contribution in [1.82, 2.24) is 0 Å². The fourth-order valence-electron chi connectivity index (χ4n) is 0.573. The van der Waals surface area contributed by atoms with Gasteiger partial charge in [-0.05, 0) is 19.4 Å². The molecule has 0 fully saturated rings. The van der Waals surface area contributed by atoms with Crippen LogP contribution in [0.2, 0.25) is 0 Å². The quantitative estimate of drug-likeness (QED) is 0.579. The smallest absolute Gasteiger partial charge is 0.157 e. The summed E-state index contributed by atoms with van der Waals surface area (Å²) in [5.74, 6) is 0.123. The molecule has 0 bridgehead atoms. The molecule has 0 atom stereocenters. The average Bonchev–Trinajstić information content (AvgIpc) is 1.63. The summed E-state index contributed by atoms with van der Waals surface area (Å²) in [6.07, 6.45) is 2.97. The van der Waals surface area contributed by atoms with E-state index in [0.29, 0.717) is 12.1 Å². The van der Waals surface area contributed by atoms with Gasteiger partial charge in [-0.2, -0.15) is 0 Å². The van der Waals surface area contributed by atoms with Crippen molar-refractivity contribution in [2.24, 2.45) is 5.73 Å². The van der Waals surface area contributed by atoms with Gasteiger partial charge in [-0.3, -0.25) is 4.79 Å². The van der Waals surface area contributed by atoms with Gasteiger partial charge in [0.1, 0.15) is 0 Å². The van der Waals surface area contributed by atoms with E-state index in [1.807, 2.05) is 6.92 Å². The zero-order valence-corrected chi connectivity index (χ0v) is 5.98. The molecule has 0 radical (unpaired) electrons. The molecule has 0 spiro atoms. The number of allylic oxidation sites excluding steroid dienone is 2. The maximum atomic E-state index is 10.7. The molecule has 52 valence electrons. The third-order valence-corrected chi connectivity index (χ3v) is 0.885. The van der Waals surface area contributed by atoms with Gasteiger partial charge in [-0.25, -0.2) is 0 Å². The highest BCUT2D eigenvalue weighted by Gasteiger charge is 1.92. The Morgan fingerprint density at radius 1 is 1.67 bits per heavy atom. The van der Waals surface area contributed by atoms with Crippen LogP contribution >= 0.6 is 0 Å². The van der Waals surface area contributed by atoms with E-state index in [4.69, 9.17) is 5.73 Å². The zero-order chi connectivity index (χ0) is 7.28. The lowest BCUT2D eigenvalue weighted by Crippen LogP contribution is -1.97. The maximum absolute atomic E-state index is 10.7. The molecule has 0 aliphatic heterocycles. The van der Waals surface area contributed by atoms with Gasteiger partial charge in [-0.15, -0.1) is 0 Å². The summed E-state index contributed by atoms with van der Waals surface area (Å²) in [6, 6.07) is 0. The third kappa shape index (κ3) is 5.07. The fourth-order valence-corrected chi connectivity index (χ4v) is 0.573. The van der Waals surface area contributed by atoms with Gasteiger partial charge in [0.25, 0.3) is 0 Å². The van der Waals surface area contributed by atoms with Gasteiger partial charge < -0.3 is 5.73 Å². The lowest BCUT2D eigenvalue weighted by molar-refractivity contribution is -0.114. The Morgan fingerprint density at radius 3 is 2.56 bits per heavy atom. The van der Waals surface area contributed by atoms with Crippen molar-refractivity contribution in [3.8, 4) is 0 Å². The Balaban J connectivity index is 3.63. The van der Waals surface area contributed by atoms with Crippen molar-refractivity contribution in [1.29, 1.82) is 0 Å². The Labute approximate surface area is 55.7 Å². The summed E-state index contributed by atoms with van der Waals surface area (Å²) >= 11 is 0. The second kappa shape index (κ2) is 4.13. The lowest BCUT2D eigenvalue weighted by atomic mass is 10.2. The first kappa shape index (κ1) is 8.21. The number of hydrogen-bond donors (Lipinski definition) is 1. The Bertz CT molecular complexity index is 123. The summed E-state index contributed by atoms with van der Waals surface area (Å²) in [7, 11) is 0. The van der Waals surface area contributed by atoms with Crippen LogP contribution in [-0.2, 0) is 4.79 Å². The number of ketones is 1. The van der Waals surface area contributed by atoms with Gasteiger partial charge in [0.15, 0.2) is 5.78 Å². The number of rotatable bonds is 3. The first-order chi connectivity index (χ1) is 4.16. The molecule has 0 unspecified atom stereocenters. The SMILES string of the molecule is CCCC(=O)/C=C(/C)N. The number of carbonyl (C=O) groups is 1. The molecule has 9 heavy (non-hydrogen) atoms. The topological polar surface area (TPSA) is 43.1 Å². The van der Waals surface area contributed by atoms with Crippen LogP contribution in [0, 0.1) is 0 Å². The molecule has 0 aromatic rings. The predicted molar refractivity (Wildman–Crippen MR) is 37.9 cm³/mol. The van der Waals surface area contributed by atoms with E-state index < -0.39 is 0 Å². The summed E-state index contributed by atoms with van der Waals surface area (Å²) in [4.78, 5) is 10.7. The fraction of sp³-hybridized carbons (Fsp3) is 0.571. The minimum atomic E-state index is 0.123. The van der Waals surface area contributed by atoms with Gasteiger partial charge >= 0.3 is 0 Å². The van der Waals surface area contributed by atoms with Crippen LogP contribution in [0.1, 0.15) is 26.7 Å². The number of nitrogens with two attached hydrogens (primary N) is 1. The molecule has 2 heteroatoms. The monoisotopic (exact) mass is 127 g/mol. The third-order valence-electron chi connectivity index (χ3n) is 0.885. The van der Waals surface area contributed by atoms with E-state index in [-0.39, 0.29) is 5.78 Å². The van der Waals surface area contributed by atoms with Crippen LogP contribution in [-0.4, -0.2) is 5.78 Å². The lowest BCUT2D eigenvalue weighted by Gasteiger charge is -1.89. The summed E-state index contributed by atoms with van der Waals surface area (Å²) in [6.45, 7) is 3.69. The summed E-state index contributed by atoms with van der Waals surface area (Å²) < 4.78 is 0. The van der Waals surface area contributed by atoms with E-state index in [1.165, 1.54) is 6.08 Å². The van der Waals surface area contributed by atoms with Crippen LogP contribution in [0.15, 0.2) is 11.8 Å². The van der Waals surface area contributed by atoms with Gasteiger partial charge in [0, 0.05) is 12.1 Å². The highest BCUT2D eigenvalue weighted by atomic mass is 16.1. The van der Waals surface area contributed by atoms with Crippen LogP contribution < -0.4 is 5.73 Å². The van der Waals surface area contributed by atoms with Gasteiger partial charge in [-0.1, -0.05) is 6.92 Å². The average molecular weight is 127 g/mol. The highest BCUT2D eigenvalue weighted by Crippen LogP contribution is 1.91. The summed E-state index contributed by atoms with van der Waals surface area (Å²) in [5.41, 5.74) is 5.86. The van der Waals surface area contributed by atoms with E-state index in [1.54, 1.807) is 6.92 Å². The maximum Gasteiger partial charge on any atom is 0.157 e. The van der Waals surface area contributed by atoms with E-state index in [0.717, 1.165) is 6.42 Å².